The van der Waals surface area contributed by atoms with Gasteiger partial charge in [-0.05, 0) is 43.2 Å². The SMILES string of the molecule is C.O=C(CC(=O)N1CCN(c2ccc(Cl)c(Cl)c2)CC1)N1CCC(Nc2ccc([N+](=O)[O-])c(C(F)(F)F)c2)CC1. The topological polar surface area (TPSA) is 99.0 Å². The van der Waals surface area contributed by atoms with E-state index < -0.39 is 22.4 Å². The van der Waals surface area contributed by atoms with Crippen molar-refractivity contribution in [1.29, 1.82) is 0 Å². The molecule has 0 spiro atoms. The van der Waals surface area contributed by atoms with Crippen molar-refractivity contribution < 1.29 is 27.7 Å². The predicted octanol–water partition coefficient (Wildman–Crippen LogP) is 5.70. The first kappa shape index (κ1) is 31.3. The molecule has 0 unspecified atom stereocenters. The van der Waals surface area contributed by atoms with Crippen molar-refractivity contribution in [3.63, 3.8) is 0 Å². The number of halogens is 5. The molecule has 2 aliphatic heterocycles. The van der Waals surface area contributed by atoms with Crippen LogP contribution in [0, 0.1) is 10.1 Å². The number of nitrogens with one attached hydrogen (secondary N) is 1. The molecule has 0 saturated carbocycles. The zero-order valence-corrected chi connectivity index (χ0v) is 22.2. The number of amides is 2. The second-order valence-corrected chi connectivity index (χ2v) is 10.2. The Bertz CT molecular complexity index is 1250. The number of anilines is 2. The highest BCUT2D eigenvalue weighted by atomic mass is 35.5. The second-order valence-electron chi connectivity index (χ2n) is 9.43. The van der Waals surface area contributed by atoms with Crippen molar-refractivity contribution >= 4 is 52.1 Å². The molecule has 14 heteroatoms. The molecule has 2 fully saturated rings. The van der Waals surface area contributed by atoms with Gasteiger partial charge in [0.1, 0.15) is 12.0 Å². The van der Waals surface area contributed by atoms with Crippen LogP contribution in [-0.4, -0.2) is 71.8 Å². The number of carbonyl (C=O) groups is 2. The number of piperazine rings is 1. The number of nitro benzene ring substituents is 1. The number of nitrogens with zero attached hydrogens (tertiary/aromatic N) is 4. The first-order valence-electron chi connectivity index (χ1n) is 12.3. The lowest BCUT2D eigenvalue weighted by atomic mass is 10.0. The van der Waals surface area contributed by atoms with Crippen LogP contribution in [0.4, 0.5) is 30.2 Å². The minimum Gasteiger partial charge on any atom is -0.382 e. The molecule has 2 heterocycles. The predicted molar refractivity (Wildman–Crippen MR) is 148 cm³/mol. The number of hydrogen-bond donors (Lipinski definition) is 1. The van der Waals surface area contributed by atoms with Crippen LogP contribution in [0.1, 0.15) is 32.3 Å². The quantitative estimate of drug-likeness (QED) is 0.258. The van der Waals surface area contributed by atoms with E-state index in [9.17, 15) is 32.9 Å². The minimum absolute atomic E-state index is 0. The van der Waals surface area contributed by atoms with Gasteiger partial charge in [-0.25, -0.2) is 0 Å². The molecule has 9 nitrogen and oxygen atoms in total. The monoisotopic (exact) mass is 603 g/mol. The van der Waals surface area contributed by atoms with Gasteiger partial charge in [0.2, 0.25) is 11.8 Å². The third-order valence-corrected chi connectivity index (χ3v) is 7.66. The summed E-state index contributed by atoms with van der Waals surface area (Å²) in [6, 6.07) is 7.95. The maximum absolute atomic E-state index is 13.3. The van der Waals surface area contributed by atoms with Crippen molar-refractivity contribution in [2.24, 2.45) is 0 Å². The first-order chi connectivity index (χ1) is 18.4. The molecule has 1 N–H and O–H groups in total. The number of piperidine rings is 1. The molecular formula is C26H30Cl2F3N5O4. The summed E-state index contributed by atoms with van der Waals surface area (Å²) < 4.78 is 39.8. The van der Waals surface area contributed by atoms with Gasteiger partial charge in [-0.1, -0.05) is 30.6 Å². The lowest BCUT2D eigenvalue weighted by Crippen LogP contribution is -2.50. The molecule has 0 aromatic heterocycles. The number of likely N-dealkylation sites (tertiary alicyclic amines) is 1. The molecule has 0 bridgehead atoms. The van der Waals surface area contributed by atoms with Crippen LogP contribution in [-0.2, 0) is 15.8 Å². The highest BCUT2D eigenvalue weighted by Gasteiger charge is 2.38. The Labute approximate surface area is 240 Å². The lowest BCUT2D eigenvalue weighted by molar-refractivity contribution is -0.388. The summed E-state index contributed by atoms with van der Waals surface area (Å²) in [7, 11) is 0. The number of carbonyl (C=O) groups excluding carboxylic acids is 2. The number of rotatable bonds is 6. The maximum atomic E-state index is 13.3. The van der Waals surface area contributed by atoms with Gasteiger partial charge in [0.25, 0.3) is 5.69 Å². The Kier molecular flexibility index (Phi) is 10.1. The van der Waals surface area contributed by atoms with E-state index in [1.165, 1.54) is 6.07 Å². The van der Waals surface area contributed by atoms with E-state index in [0.29, 0.717) is 62.2 Å². The summed E-state index contributed by atoms with van der Waals surface area (Å²) in [6.45, 7) is 2.80. The van der Waals surface area contributed by atoms with Crippen molar-refractivity contribution in [3.05, 3.63) is 62.1 Å². The summed E-state index contributed by atoms with van der Waals surface area (Å²) in [4.78, 5) is 40.7. The van der Waals surface area contributed by atoms with E-state index >= 15 is 0 Å². The zero-order valence-electron chi connectivity index (χ0n) is 20.7. The molecule has 2 saturated heterocycles. The second kappa shape index (κ2) is 12.9. The van der Waals surface area contributed by atoms with Crippen molar-refractivity contribution in [2.45, 2.75) is 38.9 Å². The number of alkyl halides is 3. The molecule has 2 aliphatic rings. The standard InChI is InChI=1S/C25H26Cl2F3N5O4.CH4/c26-20-3-2-18(14-21(20)27)32-9-11-34(12-10-32)24(37)15-23(36)33-7-5-16(6-8-33)31-17-1-4-22(35(38)39)19(13-17)25(28,29)30;/h1-4,13-14,16,31H,5-12,15H2;1H4. The number of nitro groups is 1. The smallest absolute Gasteiger partial charge is 0.382 e. The van der Waals surface area contributed by atoms with Gasteiger partial charge in [0, 0.05) is 62.8 Å². The lowest BCUT2D eigenvalue weighted by Gasteiger charge is -2.37. The Morgan fingerprint density at radius 3 is 2.08 bits per heavy atom. The molecule has 4 rings (SSSR count). The van der Waals surface area contributed by atoms with Gasteiger partial charge in [0.15, 0.2) is 0 Å². The third kappa shape index (κ3) is 7.48. The fourth-order valence-corrected chi connectivity index (χ4v) is 5.06. The Morgan fingerprint density at radius 1 is 0.925 bits per heavy atom. The highest BCUT2D eigenvalue weighted by Crippen LogP contribution is 2.38. The van der Waals surface area contributed by atoms with E-state index in [0.717, 1.165) is 17.8 Å². The fraction of sp³-hybridized carbons (Fsp3) is 0.462. The summed E-state index contributed by atoms with van der Waals surface area (Å²) in [5.74, 6) is -0.542. The van der Waals surface area contributed by atoms with Gasteiger partial charge in [-0.2, -0.15) is 13.2 Å². The van der Waals surface area contributed by atoms with Crippen LogP contribution in [0.25, 0.3) is 0 Å². The van der Waals surface area contributed by atoms with Crippen LogP contribution in [0.5, 0.6) is 0 Å². The largest absolute Gasteiger partial charge is 0.423 e. The average Bonchev–Trinajstić information content (AvgIpc) is 2.90. The van der Waals surface area contributed by atoms with Crippen molar-refractivity contribution in [3.8, 4) is 0 Å². The molecular weight excluding hydrogens is 574 g/mol. The van der Waals surface area contributed by atoms with Crippen LogP contribution in [0.2, 0.25) is 10.0 Å². The van der Waals surface area contributed by atoms with Crippen LogP contribution in [0.3, 0.4) is 0 Å². The van der Waals surface area contributed by atoms with E-state index in [1.54, 1.807) is 21.9 Å². The molecule has 0 atom stereocenters. The Morgan fingerprint density at radius 2 is 1.52 bits per heavy atom. The van der Waals surface area contributed by atoms with Crippen LogP contribution < -0.4 is 10.2 Å². The van der Waals surface area contributed by atoms with Gasteiger partial charge in [-0.3, -0.25) is 19.7 Å². The molecule has 2 aromatic rings. The van der Waals surface area contributed by atoms with Gasteiger partial charge >= 0.3 is 6.18 Å². The summed E-state index contributed by atoms with van der Waals surface area (Å²) >= 11 is 12.1. The molecule has 2 aromatic carbocycles. The molecule has 40 heavy (non-hydrogen) atoms. The van der Waals surface area contributed by atoms with Crippen molar-refractivity contribution in [1.82, 2.24) is 9.80 Å². The molecule has 218 valence electrons. The zero-order chi connectivity index (χ0) is 28.3. The normalized spacial score (nSPS) is 16.4. The minimum atomic E-state index is -4.86. The van der Waals surface area contributed by atoms with E-state index in [-0.39, 0.29) is 37.4 Å². The Balaban J connectivity index is 0.00000441. The maximum Gasteiger partial charge on any atom is 0.423 e. The van der Waals surface area contributed by atoms with E-state index in [1.807, 2.05) is 6.07 Å². The summed E-state index contributed by atoms with van der Waals surface area (Å²) in [5, 5.41) is 14.9. The van der Waals surface area contributed by atoms with Gasteiger partial charge < -0.3 is 20.0 Å². The number of hydrogen-bond acceptors (Lipinski definition) is 6. The van der Waals surface area contributed by atoms with Gasteiger partial charge in [0.05, 0.1) is 15.0 Å². The molecule has 0 aliphatic carbocycles. The average molecular weight is 604 g/mol. The molecule has 0 radical (unpaired) electrons. The van der Waals surface area contributed by atoms with E-state index in [4.69, 9.17) is 23.2 Å². The number of benzene rings is 2. The fourth-order valence-electron chi connectivity index (χ4n) is 4.77. The van der Waals surface area contributed by atoms with Crippen molar-refractivity contribution in [2.75, 3.05) is 49.5 Å². The van der Waals surface area contributed by atoms with Crippen LogP contribution in [0.15, 0.2) is 36.4 Å². The highest BCUT2D eigenvalue weighted by molar-refractivity contribution is 6.42. The van der Waals surface area contributed by atoms with Crippen LogP contribution >= 0.6 is 23.2 Å². The summed E-state index contributed by atoms with van der Waals surface area (Å²) in [5.41, 5.74) is -1.30. The summed E-state index contributed by atoms with van der Waals surface area (Å²) in [6.07, 6.45) is -4.19. The first-order valence-corrected chi connectivity index (χ1v) is 13.1. The Hall–Kier alpha value is -3.25. The van der Waals surface area contributed by atoms with E-state index in [2.05, 4.69) is 10.2 Å². The third-order valence-electron chi connectivity index (χ3n) is 6.92. The molecule has 2 amide bonds. The van der Waals surface area contributed by atoms with Gasteiger partial charge in [-0.15, -0.1) is 0 Å².